The van der Waals surface area contributed by atoms with Crippen molar-refractivity contribution in [3.8, 4) is 0 Å². The van der Waals surface area contributed by atoms with E-state index in [1.807, 2.05) is 0 Å². The molecule has 30 heavy (non-hydrogen) atoms. The lowest BCUT2D eigenvalue weighted by atomic mass is 9.48. The molecule has 4 aliphatic rings. The molecule has 0 unspecified atom stereocenters. The molecule has 4 saturated carbocycles. The van der Waals surface area contributed by atoms with Gasteiger partial charge in [-0.2, -0.15) is 0 Å². The van der Waals surface area contributed by atoms with Crippen LogP contribution in [0.1, 0.15) is 44.1 Å². The molecule has 0 nitrogen and oxygen atoms in total. The summed E-state index contributed by atoms with van der Waals surface area (Å²) in [5.74, 6) is 2.92. The van der Waals surface area contributed by atoms with Gasteiger partial charge in [0.05, 0.1) is 0 Å². The van der Waals surface area contributed by atoms with E-state index in [2.05, 4.69) is 84.9 Å². The predicted octanol–water partition coefficient (Wildman–Crippen LogP) is 8.59. The molecule has 0 aliphatic heterocycles. The summed E-state index contributed by atoms with van der Waals surface area (Å²) in [6, 6.07) is 30.8. The fourth-order valence-electron chi connectivity index (χ4n) is 7.08. The smallest absolute Gasteiger partial charge is 0.0117 e. The second-order valence-electron chi connectivity index (χ2n) is 9.89. The van der Waals surface area contributed by atoms with Crippen LogP contribution < -0.4 is 0 Å². The van der Waals surface area contributed by atoms with Crippen LogP contribution in [0, 0.1) is 17.8 Å². The zero-order chi connectivity index (χ0) is 20.2. The van der Waals surface area contributed by atoms with Gasteiger partial charge in [0, 0.05) is 14.7 Å². The van der Waals surface area contributed by atoms with Crippen LogP contribution in [0.15, 0.2) is 99.6 Å². The fourth-order valence-corrected chi connectivity index (χ4v) is 10.4. The van der Waals surface area contributed by atoms with Crippen molar-refractivity contribution in [3.63, 3.8) is 0 Å². The Bertz CT molecular complexity index is 950. The quantitative estimate of drug-likeness (QED) is 0.387. The van der Waals surface area contributed by atoms with E-state index in [4.69, 9.17) is 10.7 Å². The highest BCUT2D eigenvalue weighted by molar-refractivity contribution is 8.51. The Kier molecular flexibility index (Phi) is 4.55. The van der Waals surface area contributed by atoms with Crippen molar-refractivity contribution in [1.29, 1.82) is 0 Å². The van der Waals surface area contributed by atoms with E-state index in [0.29, 0.717) is 5.41 Å². The molecule has 0 amide bonds. The zero-order valence-corrected chi connectivity index (χ0v) is 18.9. The molecular weight excluding hydrogens is 404 g/mol. The van der Waals surface area contributed by atoms with Gasteiger partial charge < -0.3 is 0 Å². The van der Waals surface area contributed by atoms with E-state index in [9.17, 15) is 0 Å². The summed E-state index contributed by atoms with van der Waals surface area (Å²) in [4.78, 5) is 3.66. The standard InChI is InChI=1S/C28H29ClS/c29-30(25-7-3-1-4-8-25,26-9-5-2-6-10-26)27-13-11-24(12-14-27)28-18-21-15-22(19-28)17-23(16-21)20-28/h1-14,21-23H,15-20H2. The molecule has 0 spiro atoms. The Morgan fingerprint density at radius 2 is 0.967 bits per heavy atom. The fraction of sp³-hybridized carbons (Fsp3) is 0.357. The van der Waals surface area contributed by atoms with Crippen molar-refractivity contribution in [2.45, 2.75) is 58.6 Å². The number of halogens is 1. The molecule has 4 bridgehead atoms. The van der Waals surface area contributed by atoms with Gasteiger partial charge in [0.15, 0.2) is 0 Å². The summed E-state index contributed by atoms with van der Waals surface area (Å²) in [6.07, 6.45) is 8.72. The third-order valence-corrected chi connectivity index (χ3v) is 12.3. The average Bonchev–Trinajstić information content (AvgIpc) is 2.79. The lowest BCUT2D eigenvalue weighted by Crippen LogP contribution is -2.48. The Morgan fingerprint density at radius 1 is 0.567 bits per heavy atom. The number of hydrogen-bond donors (Lipinski definition) is 0. The van der Waals surface area contributed by atoms with Crippen LogP contribution in [0.2, 0.25) is 0 Å². The van der Waals surface area contributed by atoms with Crippen molar-refractivity contribution in [3.05, 3.63) is 90.5 Å². The average molecular weight is 433 g/mol. The van der Waals surface area contributed by atoms with Crippen LogP contribution in [0.3, 0.4) is 0 Å². The Balaban J connectivity index is 1.41. The highest BCUT2D eigenvalue weighted by Crippen LogP contribution is 2.72. The molecule has 0 N–H and O–H groups in total. The number of rotatable bonds is 4. The molecule has 0 saturated heterocycles. The molecular formula is C28H29ClS. The minimum absolute atomic E-state index is 0.442. The van der Waals surface area contributed by atoms with Gasteiger partial charge in [-0.05, 0) is 104 Å². The molecule has 2 heteroatoms. The van der Waals surface area contributed by atoms with Crippen molar-refractivity contribution >= 4 is 19.9 Å². The van der Waals surface area contributed by atoms with E-state index >= 15 is 0 Å². The molecule has 4 fully saturated rings. The van der Waals surface area contributed by atoms with Gasteiger partial charge in [-0.25, -0.2) is 0 Å². The Morgan fingerprint density at radius 3 is 1.40 bits per heavy atom. The van der Waals surface area contributed by atoms with Crippen molar-refractivity contribution in [1.82, 2.24) is 0 Å². The lowest BCUT2D eigenvalue weighted by Gasteiger charge is -2.57. The van der Waals surface area contributed by atoms with Crippen LogP contribution in [-0.2, 0) is 5.41 Å². The van der Waals surface area contributed by atoms with Crippen molar-refractivity contribution in [2.75, 3.05) is 0 Å². The topological polar surface area (TPSA) is 0 Å². The molecule has 4 aliphatic carbocycles. The number of hydrogen-bond acceptors (Lipinski definition) is 0. The van der Waals surface area contributed by atoms with Gasteiger partial charge in [-0.1, -0.05) is 68.5 Å². The van der Waals surface area contributed by atoms with Crippen LogP contribution in [0.25, 0.3) is 0 Å². The third kappa shape index (κ3) is 2.97. The first-order valence-corrected chi connectivity index (χ1v) is 13.9. The Labute approximate surface area is 186 Å². The monoisotopic (exact) mass is 432 g/mol. The maximum Gasteiger partial charge on any atom is 0.0117 e. The highest BCUT2D eigenvalue weighted by Gasteiger charge is 2.51. The molecule has 3 aromatic rings. The molecule has 0 radical (unpaired) electrons. The van der Waals surface area contributed by atoms with E-state index in [1.54, 1.807) is 5.56 Å². The molecule has 7 rings (SSSR count). The first kappa shape index (κ1) is 19.0. The second kappa shape index (κ2) is 7.18. The van der Waals surface area contributed by atoms with Crippen LogP contribution in [0.4, 0.5) is 0 Å². The van der Waals surface area contributed by atoms with E-state index in [1.165, 1.54) is 53.2 Å². The molecule has 0 heterocycles. The summed E-state index contributed by atoms with van der Waals surface area (Å²) in [5.41, 5.74) is 2.02. The first-order valence-electron chi connectivity index (χ1n) is 11.4. The lowest BCUT2D eigenvalue weighted by molar-refractivity contribution is -0.00521. The van der Waals surface area contributed by atoms with E-state index in [-0.39, 0.29) is 0 Å². The summed E-state index contributed by atoms with van der Waals surface area (Å²) in [5, 5.41) is 0. The zero-order valence-electron chi connectivity index (χ0n) is 17.3. The summed E-state index contributed by atoms with van der Waals surface area (Å²) < 4.78 is 0. The van der Waals surface area contributed by atoms with Crippen LogP contribution in [0.5, 0.6) is 0 Å². The van der Waals surface area contributed by atoms with Gasteiger partial charge in [0.25, 0.3) is 0 Å². The normalized spacial score (nSPS) is 30.4. The minimum Gasteiger partial charge on any atom is -0.0810 e. The predicted molar refractivity (Wildman–Crippen MR) is 127 cm³/mol. The van der Waals surface area contributed by atoms with Crippen LogP contribution >= 0.6 is 19.9 Å². The van der Waals surface area contributed by atoms with Gasteiger partial charge in [-0.3, -0.25) is 0 Å². The van der Waals surface area contributed by atoms with Gasteiger partial charge in [0.1, 0.15) is 0 Å². The highest BCUT2D eigenvalue weighted by atomic mass is 35.7. The summed E-state index contributed by atoms with van der Waals surface area (Å²) in [6.45, 7) is 0. The maximum absolute atomic E-state index is 7.57. The van der Waals surface area contributed by atoms with Gasteiger partial charge >= 0.3 is 0 Å². The molecule has 154 valence electrons. The molecule has 3 aromatic carbocycles. The summed E-state index contributed by atoms with van der Waals surface area (Å²) in [7, 11) is 5.79. The van der Waals surface area contributed by atoms with Crippen molar-refractivity contribution < 1.29 is 0 Å². The third-order valence-electron chi connectivity index (χ3n) is 7.97. The van der Waals surface area contributed by atoms with Gasteiger partial charge in [-0.15, -0.1) is 0 Å². The first-order chi connectivity index (χ1) is 14.7. The summed E-state index contributed by atoms with van der Waals surface area (Å²) >= 11 is 0. The molecule has 0 aromatic heterocycles. The second-order valence-corrected chi connectivity index (χ2v) is 13.8. The molecule has 0 atom stereocenters. The maximum atomic E-state index is 7.57. The SMILES string of the molecule is ClS(c1ccccc1)(c1ccccc1)c1ccc(C23CC4CC(CC(C4)C2)C3)cc1. The Hall–Kier alpha value is -1.70. The van der Waals surface area contributed by atoms with Crippen LogP contribution in [-0.4, -0.2) is 0 Å². The van der Waals surface area contributed by atoms with Gasteiger partial charge in [0.2, 0.25) is 0 Å². The minimum atomic E-state index is -1.78. The van der Waals surface area contributed by atoms with E-state index < -0.39 is 9.24 Å². The van der Waals surface area contributed by atoms with E-state index in [0.717, 1.165) is 17.8 Å². The number of benzene rings is 3. The largest absolute Gasteiger partial charge is 0.0810 e. The van der Waals surface area contributed by atoms with Crippen molar-refractivity contribution in [2.24, 2.45) is 17.8 Å².